The van der Waals surface area contributed by atoms with Gasteiger partial charge in [0.2, 0.25) is 0 Å². The molecule has 1 amide bonds. The lowest BCUT2D eigenvalue weighted by molar-refractivity contribution is -0.148. The fraction of sp³-hybridized carbons (Fsp3) is 0.550. The summed E-state index contributed by atoms with van der Waals surface area (Å²) in [6.07, 6.45) is 7.93. The fourth-order valence-corrected chi connectivity index (χ4v) is 4.34. The van der Waals surface area contributed by atoms with E-state index in [0.29, 0.717) is 25.3 Å². The van der Waals surface area contributed by atoms with Crippen molar-refractivity contribution in [1.82, 2.24) is 10.3 Å². The molecule has 1 aromatic heterocycles. The van der Waals surface area contributed by atoms with Crippen LogP contribution in [0.2, 0.25) is 0 Å². The van der Waals surface area contributed by atoms with Crippen LogP contribution in [0.25, 0.3) is 10.2 Å². The Labute approximate surface area is 158 Å². The molecule has 140 valence electrons. The van der Waals surface area contributed by atoms with Gasteiger partial charge in [0.1, 0.15) is 0 Å². The van der Waals surface area contributed by atoms with Gasteiger partial charge in [0.05, 0.1) is 15.2 Å². The first-order valence-electron chi connectivity index (χ1n) is 9.47. The number of hydrogen-bond acceptors (Lipinski definition) is 5. The third-order valence-electron chi connectivity index (χ3n) is 4.79. The summed E-state index contributed by atoms with van der Waals surface area (Å²) < 4.78 is 6.24. The highest BCUT2D eigenvalue weighted by Crippen LogP contribution is 2.23. The van der Waals surface area contributed by atoms with Gasteiger partial charge in [0, 0.05) is 13.0 Å². The van der Waals surface area contributed by atoms with Crippen molar-refractivity contribution in [2.75, 3.05) is 13.2 Å². The van der Waals surface area contributed by atoms with Gasteiger partial charge in [-0.15, -0.1) is 11.3 Å². The van der Waals surface area contributed by atoms with Gasteiger partial charge in [0.15, 0.2) is 6.61 Å². The monoisotopic (exact) mass is 374 g/mol. The Kier molecular flexibility index (Phi) is 7.00. The lowest BCUT2D eigenvalue weighted by atomic mass is 9.89. The Bertz CT molecular complexity index is 704. The van der Waals surface area contributed by atoms with Gasteiger partial charge in [-0.2, -0.15) is 0 Å². The number of nitrogens with zero attached hydrogens (tertiary/aromatic N) is 1. The van der Waals surface area contributed by atoms with Crippen LogP contribution < -0.4 is 5.32 Å². The number of nitrogens with one attached hydrogen (secondary N) is 1. The van der Waals surface area contributed by atoms with E-state index in [9.17, 15) is 9.59 Å². The summed E-state index contributed by atoms with van der Waals surface area (Å²) in [6, 6.07) is 8.02. The van der Waals surface area contributed by atoms with Crippen molar-refractivity contribution in [3.63, 3.8) is 0 Å². The Balaban J connectivity index is 1.29. The van der Waals surface area contributed by atoms with Crippen molar-refractivity contribution in [1.29, 1.82) is 0 Å². The highest BCUT2D eigenvalue weighted by atomic mass is 32.1. The van der Waals surface area contributed by atoms with Crippen LogP contribution in [-0.4, -0.2) is 30.0 Å². The number of fused-ring (bicyclic) bond motifs is 1. The molecule has 1 fully saturated rings. The molecule has 0 unspecified atom stereocenters. The van der Waals surface area contributed by atoms with E-state index < -0.39 is 0 Å². The van der Waals surface area contributed by atoms with Gasteiger partial charge in [-0.1, -0.05) is 31.4 Å². The molecule has 0 radical (unpaired) electrons. The molecule has 1 saturated carbocycles. The van der Waals surface area contributed by atoms with E-state index in [1.165, 1.54) is 36.8 Å². The zero-order valence-electron chi connectivity index (χ0n) is 15.0. The Morgan fingerprint density at radius 3 is 2.81 bits per heavy atom. The van der Waals surface area contributed by atoms with E-state index >= 15 is 0 Å². The molecule has 3 rings (SSSR count). The number of thiazole rings is 1. The summed E-state index contributed by atoms with van der Waals surface area (Å²) in [5.41, 5.74) is 1.00. The van der Waals surface area contributed by atoms with Gasteiger partial charge in [-0.05, 0) is 43.7 Å². The molecule has 1 heterocycles. The zero-order valence-corrected chi connectivity index (χ0v) is 15.9. The second-order valence-electron chi connectivity index (χ2n) is 6.90. The van der Waals surface area contributed by atoms with Crippen LogP contribution in [0.3, 0.4) is 0 Å². The zero-order chi connectivity index (χ0) is 18.2. The molecule has 0 atom stereocenters. The maximum Gasteiger partial charge on any atom is 0.306 e. The molecule has 1 aliphatic carbocycles. The van der Waals surface area contributed by atoms with E-state index in [-0.39, 0.29) is 18.5 Å². The molecular weight excluding hydrogens is 348 g/mol. The molecule has 6 heteroatoms. The van der Waals surface area contributed by atoms with Gasteiger partial charge < -0.3 is 10.1 Å². The first-order chi connectivity index (χ1) is 12.7. The number of benzene rings is 1. The van der Waals surface area contributed by atoms with E-state index in [1.54, 1.807) is 11.3 Å². The van der Waals surface area contributed by atoms with Gasteiger partial charge in [-0.25, -0.2) is 4.98 Å². The van der Waals surface area contributed by atoms with Crippen LogP contribution >= 0.6 is 11.3 Å². The topological polar surface area (TPSA) is 68.3 Å². The van der Waals surface area contributed by atoms with E-state index in [2.05, 4.69) is 16.4 Å². The smallest absolute Gasteiger partial charge is 0.306 e. The molecule has 2 aromatic rings. The van der Waals surface area contributed by atoms with E-state index in [4.69, 9.17) is 4.74 Å². The first-order valence-corrected chi connectivity index (χ1v) is 10.3. The number of rotatable bonds is 8. The Morgan fingerprint density at radius 1 is 1.19 bits per heavy atom. The second-order valence-corrected chi connectivity index (χ2v) is 8.01. The Morgan fingerprint density at radius 2 is 2.00 bits per heavy atom. The molecule has 1 aliphatic rings. The molecule has 0 saturated heterocycles. The number of para-hydroxylation sites is 1. The first kappa shape index (κ1) is 18.8. The highest BCUT2D eigenvalue weighted by Gasteiger charge is 2.15. The molecule has 26 heavy (non-hydrogen) atoms. The number of carbonyl (C=O) groups excluding carboxylic acids is 2. The van der Waals surface area contributed by atoms with Gasteiger partial charge in [0.25, 0.3) is 5.91 Å². The van der Waals surface area contributed by atoms with Crippen molar-refractivity contribution < 1.29 is 14.3 Å². The summed E-state index contributed by atoms with van der Waals surface area (Å²) in [7, 11) is 0. The third kappa shape index (κ3) is 5.80. The van der Waals surface area contributed by atoms with Crippen LogP contribution in [0.4, 0.5) is 0 Å². The molecule has 0 spiro atoms. The minimum atomic E-state index is -0.320. The summed E-state index contributed by atoms with van der Waals surface area (Å²) in [5, 5.41) is 3.91. The SMILES string of the molecule is O=C(COC(=O)CCCc1nc2ccccc2s1)NCC1CCCCC1. The van der Waals surface area contributed by atoms with Crippen molar-refractivity contribution in [3.05, 3.63) is 29.3 Å². The number of aromatic nitrogens is 1. The number of ether oxygens (including phenoxy) is 1. The van der Waals surface area contributed by atoms with Crippen LogP contribution in [0, 0.1) is 5.92 Å². The summed E-state index contributed by atoms with van der Waals surface area (Å²) in [6.45, 7) is 0.528. The predicted octanol–water partition coefficient (Wildman–Crippen LogP) is 3.86. The molecular formula is C20H26N2O3S. The number of hydrogen-bond donors (Lipinski definition) is 1. The number of amides is 1. The maximum absolute atomic E-state index is 11.8. The molecule has 5 nitrogen and oxygen atoms in total. The second kappa shape index (κ2) is 9.67. The molecule has 1 aromatic carbocycles. The van der Waals surface area contributed by atoms with Gasteiger partial charge in [-0.3, -0.25) is 9.59 Å². The average Bonchev–Trinajstić information content (AvgIpc) is 3.08. The normalized spacial score (nSPS) is 15.1. The summed E-state index contributed by atoms with van der Waals surface area (Å²) in [4.78, 5) is 28.1. The van der Waals surface area contributed by atoms with Crippen molar-refractivity contribution in [2.45, 2.75) is 51.4 Å². The molecule has 0 bridgehead atoms. The average molecular weight is 375 g/mol. The predicted molar refractivity (Wildman–Crippen MR) is 103 cm³/mol. The highest BCUT2D eigenvalue weighted by molar-refractivity contribution is 7.18. The van der Waals surface area contributed by atoms with Crippen LogP contribution in [0.5, 0.6) is 0 Å². The van der Waals surface area contributed by atoms with Crippen LogP contribution in [0.1, 0.15) is 50.0 Å². The quantitative estimate of drug-likeness (QED) is 0.713. The number of aryl methyl sites for hydroxylation is 1. The maximum atomic E-state index is 11.8. The van der Waals surface area contributed by atoms with Crippen molar-refractivity contribution in [2.24, 2.45) is 5.92 Å². The van der Waals surface area contributed by atoms with E-state index in [0.717, 1.165) is 16.9 Å². The third-order valence-corrected chi connectivity index (χ3v) is 5.88. The van der Waals surface area contributed by atoms with Crippen molar-refractivity contribution in [3.8, 4) is 0 Å². The lowest BCUT2D eigenvalue weighted by Crippen LogP contribution is -2.33. The number of carbonyl (C=O) groups is 2. The summed E-state index contributed by atoms with van der Waals surface area (Å²) in [5.74, 6) is 0.0613. The van der Waals surface area contributed by atoms with E-state index in [1.807, 2.05) is 18.2 Å². The lowest BCUT2D eigenvalue weighted by Gasteiger charge is -2.21. The minimum Gasteiger partial charge on any atom is -0.456 e. The van der Waals surface area contributed by atoms with Crippen LogP contribution in [0.15, 0.2) is 24.3 Å². The van der Waals surface area contributed by atoms with Crippen molar-refractivity contribution >= 4 is 33.4 Å². The molecule has 0 aliphatic heterocycles. The minimum absolute atomic E-state index is 0.174. The standard InChI is InChI=1S/C20H26N2O3S/c23-18(21-13-15-7-2-1-3-8-15)14-25-20(24)12-6-11-19-22-16-9-4-5-10-17(16)26-19/h4-5,9-10,15H,1-3,6-8,11-14H2,(H,21,23). The summed E-state index contributed by atoms with van der Waals surface area (Å²) >= 11 is 1.66. The largest absolute Gasteiger partial charge is 0.456 e. The molecule has 1 N–H and O–H groups in total. The van der Waals surface area contributed by atoms with Crippen LogP contribution in [-0.2, 0) is 20.7 Å². The number of esters is 1. The fourth-order valence-electron chi connectivity index (χ4n) is 3.33. The Hall–Kier alpha value is -1.95. The van der Waals surface area contributed by atoms with Gasteiger partial charge >= 0.3 is 5.97 Å².